The second-order valence-corrected chi connectivity index (χ2v) is 11.6. The lowest BCUT2D eigenvalue weighted by atomic mass is 10.0. The molecule has 1 heterocycles. The van der Waals surface area contributed by atoms with Gasteiger partial charge in [-0.05, 0) is 47.5 Å². The molecule has 0 saturated carbocycles. The van der Waals surface area contributed by atoms with Crippen molar-refractivity contribution in [3.8, 4) is 0 Å². The molecule has 11 heteroatoms. The fourth-order valence-corrected chi connectivity index (χ4v) is 5.26. The van der Waals surface area contributed by atoms with Gasteiger partial charge in [-0.1, -0.05) is 48.0 Å². The molecule has 0 unspecified atom stereocenters. The highest BCUT2D eigenvalue weighted by molar-refractivity contribution is 7.92. The Hall–Kier alpha value is -3.60. The third-order valence-corrected chi connectivity index (χ3v) is 7.36. The van der Waals surface area contributed by atoms with Crippen LogP contribution in [0.1, 0.15) is 22.9 Å². The fourth-order valence-electron chi connectivity index (χ4n) is 4.56. The molecular formula is C28H34ClN5O4S. The molecule has 0 aromatic heterocycles. The Morgan fingerprint density at radius 1 is 0.974 bits per heavy atom. The molecule has 1 saturated heterocycles. The molecule has 0 radical (unpaired) electrons. The summed E-state index contributed by atoms with van der Waals surface area (Å²) in [5.74, 6) is -0.535. The third-order valence-electron chi connectivity index (χ3n) is 6.51. The number of hydrogen-bond acceptors (Lipinski definition) is 6. The Balaban J connectivity index is 0.00000441. The third kappa shape index (κ3) is 7.72. The molecule has 1 atom stereocenters. The number of anilines is 2. The van der Waals surface area contributed by atoms with Crippen LogP contribution in [0.5, 0.6) is 0 Å². The first-order valence-electron chi connectivity index (χ1n) is 12.6. The van der Waals surface area contributed by atoms with E-state index in [-0.39, 0.29) is 13.2 Å². The first-order chi connectivity index (χ1) is 18.6. The quantitative estimate of drug-likeness (QED) is 0.362. The van der Waals surface area contributed by atoms with Crippen molar-refractivity contribution in [1.82, 2.24) is 10.2 Å². The van der Waals surface area contributed by atoms with Crippen molar-refractivity contribution in [2.24, 2.45) is 5.73 Å². The number of hydrogen-bond donors (Lipinski definition) is 3. The van der Waals surface area contributed by atoms with Crippen molar-refractivity contribution in [2.75, 3.05) is 42.1 Å². The van der Waals surface area contributed by atoms with E-state index in [1.165, 1.54) is 0 Å². The highest BCUT2D eigenvalue weighted by Gasteiger charge is 2.30. The van der Waals surface area contributed by atoms with Gasteiger partial charge in [0.1, 0.15) is 6.04 Å². The van der Waals surface area contributed by atoms with E-state index >= 15 is 0 Å². The first kappa shape index (κ1) is 28.4. The molecule has 4 rings (SSSR count). The van der Waals surface area contributed by atoms with Crippen molar-refractivity contribution in [1.29, 1.82) is 0 Å². The van der Waals surface area contributed by atoms with Gasteiger partial charge in [-0.15, -0.1) is 0 Å². The van der Waals surface area contributed by atoms with Gasteiger partial charge in [-0.25, -0.2) is 8.42 Å². The Bertz CT molecular complexity index is 1430. The Morgan fingerprint density at radius 2 is 1.67 bits per heavy atom. The average molecular weight is 572 g/mol. The van der Waals surface area contributed by atoms with Crippen LogP contribution < -0.4 is 20.7 Å². The van der Waals surface area contributed by atoms with E-state index in [9.17, 15) is 18.0 Å². The summed E-state index contributed by atoms with van der Waals surface area (Å²) in [7, 11) is -3.44. The van der Waals surface area contributed by atoms with Crippen LogP contribution in [0.25, 0.3) is 0 Å². The van der Waals surface area contributed by atoms with Crippen molar-refractivity contribution in [2.45, 2.75) is 19.0 Å². The van der Waals surface area contributed by atoms with Gasteiger partial charge in [0.2, 0.25) is 15.9 Å². The van der Waals surface area contributed by atoms with Crippen molar-refractivity contribution in [3.63, 3.8) is 0 Å². The molecule has 1 aliphatic rings. The van der Waals surface area contributed by atoms with Crippen LogP contribution in [0, 0.1) is 0 Å². The maximum Gasteiger partial charge on any atom is 0.251 e. The second kappa shape index (κ2) is 12.5. The number of halogens is 1. The van der Waals surface area contributed by atoms with E-state index in [1.54, 1.807) is 47.4 Å². The number of carbonyl (C=O) groups is 2. The minimum atomic E-state index is -3.44. The van der Waals surface area contributed by atoms with Crippen LogP contribution in [0.3, 0.4) is 0 Å². The number of nitrogens with zero attached hydrogens (tertiary/aromatic N) is 2. The number of amides is 2. The molecule has 39 heavy (non-hydrogen) atoms. The van der Waals surface area contributed by atoms with E-state index in [2.05, 4.69) is 10.0 Å². The standard InChI is InChI=1S/C28H32ClN5O4S.H2/c1-39(37,38)32-24-7-2-3-8-26(24)33-13-15-34(16-14-33)28(36)25(18-20-9-11-23(29)12-10-20)31-27(35)22-6-4-5-21(17-22)19-30;/h2-12,17,25,32H,13-16,18-19,30H2,1H3,(H,31,35);1H/t25-;/m1./s1. The van der Waals surface area contributed by atoms with Crippen LogP contribution >= 0.6 is 11.6 Å². The monoisotopic (exact) mass is 571 g/mol. The zero-order valence-corrected chi connectivity index (χ0v) is 23.2. The van der Waals surface area contributed by atoms with Crippen LogP contribution in [0.2, 0.25) is 5.02 Å². The smallest absolute Gasteiger partial charge is 0.251 e. The van der Waals surface area contributed by atoms with Crippen LogP contribution in [0.15, 0.2) is 72.8 Å². The lowest BCUT2D eigenvalue weighted by molar-refractivity contribution is -0.133. The average Bonchev–Trinajstić information content (AvgIpc) is 2.93. The van der Waals surface area contributed by atoms with Gasteiger partial charge < -0.3 is 20.9 Å². The van der Waals surface area contributed by atoms with E-state index in [0.29, 0.717) is 55.4 Å². The summed E-state index contributed by atoms with van der Waals surface area (Å²) in [5, 5.41) is 3.52. The van der Waals surface area contributed by atoms with Crippen LogP contribution in [-0.2, 0) is 27.8 Å². The van der Waals surface area contributed by atoms with Crippen LogP contribution in [-0.4, -0.2) is 63.6 Å². The normalized spacial score (nSPS) is 14.5. The maximum absolute atomic E-state index is 13.7. The van der Waals surface area contributed by atoms with Crippen molar-refractivity contribution >= 4 is 44.8 Å². The van der Waals surface area contributed by atoms with Gasteiger partial charge in [-0.2, -0.15) is 0 Å². The van der Waals surface area contributed by atoms with Crippen molar-refractivity contribution in [3.05, 3.63) is 94.5 Å². The predicted molar refractivity (Wildman–Crippen MR) is 157 cm³/mol. The zero-order chi connectivity index (χ0) is 28.0. The number of nitrogens with one attached hydrogen (secondary N) is 2. The van der Waals surface area contributed by atoms with Crippen molar-refractivity contribution < 1.29 is 19.4 Å². The molecule has 9 nitrogen and oxygen atoms in total. The molecule has 1 fully saturated rings. The van der Waals surface area contributed by atoms with Gasteiger partial charge in [-0.3, -0.25) is 14.3 Å². The largest absolute Gasteiger partial charge is 0.366 e. The van der Waals surface area contributed by atoms with E-state index in [0.717, 1.165) is 23.1 Å². The predicted octanol–water partition coefficient (Wildman–Crippen LogP) is 3.11. The van der Waals surface area contributed by atoms with Gasteiger partial charge in [0.25, 0.3) is 5.91 Å². The zero-order valence-electron chi connectivity index (χ0n) is 21.6. The van der Waals surface area contributed by atoms with E-state index < -0.39 is 16.1 Å². The molecule has 1 aliphatic heterocycles. The highest BCUT2D eigenvalue weighted by atomic mass is 35.5. The molecule has 2 amide bonds. The Morgan fingerprint density at radius 3 is 2.33 bits per heavy atom. The molecule has 208 valence electrons. The summed E-state index contributed by atoms with van der Waals surface area (Å²) in [4.78, 5) is 30.6. The number of nitrogens with two attached hydrogens (primary N) is 1. The molecule has 4 N–H and O–H groups in total. The molecule has 3 aromatic rings. The van der Waals surface area contributed by atoms with Gasteiger partial charge in [0.15, 0.2) is 0 Å². The summed E-state index contributed by atoms with van der Waals surface area (Å²) in [6.45, 7) is 2.16. The number of para-hydroxylation sites is 2. The summed E-state index contributed by atoms with van der Waals surface area (Å²) in [6.07, 6.45) is 1.42. The maximum atomic E-state index is 13.7. The van der Waals surface area contributed by atoms with Gasteiger partial charge >= 0.3 is 0 Å². The summed E-state index contributed by atoms with van der Waals surface area (Å²) in [6, 6.07) is 20.6. The SMILES string of the molecule is CS(=O)(=O)Nc1ccccc1N1CCN(C(=O)[C@@H](Cc2ccc(Cl)cc2)NC(=O)c2cccc(CN)c2)CC1.[HH]. The lowest BCUT2D eigenvalue weighted by Gasteiger charge is -2.38. The summed E-state index contributed by atoms with van der Waals surface area (Å²) < 4.78 is 26.2. The van der Waals surface area contributed by atoms with Gasteiger partial charge in [0.05, 0.1) is 17.6 Å². The molecule has 3 aromatic carbocycles. The topological polar surface area (TPSA) is 125 Å². The molecular weight excluding hydrogens is 538 g/mol. The van der Waals surface area contributed by atoms with Gasteiger partial charge in [0, 0.05) is 51.2 Å². The number of sulfonamides is 1. The number of carbonyl (C=O) groups excluding carboxylic acids is 2. The number of piperazine rings is 1. The first-order valence-corrected chi connectivity index (χ1v) is 14.8. The minimum absolute atomic E-state index is 0. The fraction of sp³-hybridized carbons (Fsp3) is 0.286. The van der Waals surface area contributed by atoms with E-state index in [1.807, 2.05) is 35.2 Å². The number of rotatable bonds is 9. The lowest BCUT2D eigenvalue weighted by Crippen LogP contribution is -2.55. The highest BCUT2D eigenvalue weighted by Crippen LogP contribution is 2.27. The molecule has 0 aliphatic carbocycles. The number of benzene rings is 3. The second-order valence-electron chi connectivity index (χ2n) is 9.46. The van der Waals surface area contributed by atoms with Crippen LogP contribution in [0.4, 0.5) is 11.4 Å². The minimum Gasteiger partial charge on any atom is -0.366 e. The molecule has 0 spiro atoms. The Kier molecular flexibility index (Phi) is 9.11. The molecule has 0 bridgehead atoms. The van der Waals surface area contributed by atoms with E-state index in [4.69, 9.17) is 17.3 Å². The summed E-state index contributed by atoms with van der Waals surface area (Å²) in [5.41, 5.74) is 9.11. The Labute approximate surface area is 235 Å². The summed E-state index contributed by atoms with van der Waals surface area (Å²) >= 11 is 6.04.